The summed E-state index contributed by atoms with van der Waals surface area (Å²) < 4.78 is 5.91. The van der Waals surface area contributed by atoms with E-state index >= 15 is 0 Å². The average Bonchev–Trinajstić information content (AvgIpc) is 2.30. The monoisotopic (exact) mass is 281 g/mol. The maximum Gasteiger partial charge on any atom is 0.264 e. The van der Waals surface area contributed by atoms with Crippen molar-refractivity contribution in [2.75, 3.05) is 13.1 Å². The van der Waals surface area contributed by atoms with Crippen LogP contribution in [0.15, 0.2) is 24.3 Å². The standard InChI is InChI=1S/C14H23NOSSi/c1-6-15(7-2)14(17)16-12-10-8-9-11-13(12)18(3,4)5/h8-11H,6-7H2,1-5H3. The summed E-state index contributed by atoms with van der Waals surface area (Å²) in [7, 11) is -1.40. The molecule has 100 valence electrons. The highest BCUT2D eigenvalue weighted by Gasteiger charge is 2.22. The summed E-state index contributed by atoms with van der Waals surface area (Å²) in [5, 5.41) is 1.89. The van der Waals surface area contributed by atoms with E-state index in [9.17, 15) is 0 Å². The summed E-state index contributed by atoms with van der Waals surface area (Å²) in [5.74, 6) is 0.925. The molecule has 18 heavy (non-hydrogen) atoms. The van der Waals surface area contributed by atoms with E-state index in [1.165, 1.54) is 5.19 Å². The molecule has 1 rings (SSSR count). The molecule has 1 aromatic carbocycles. The van der Waals surface area contributed by atoms with Gasteiger partial charge in [-0.05, 0) is 37.3 Å². The second kappa shape index (κ2) is 6.34. The normalized spacial score (nSPS) is 11.2. The van der Waals surface area contributed by atoms with Crippen molar-refractivity contribution in [1.29, 1.82) is 0 Å². The molecule has 0 aliphatic carbocycles. The van der Waals surface area contributed by atoms with Crippen LogP contribution in [0.2, 0.25) is 19.6 Å². The summed E-state index contributed by atoms with van der Waals surface area (Å²) in [6, 6.07) is 8.25. The van der Waals surface area contributed by atoms with Crippen LogP contribution in [0.4, 0.5) is 0 Å². The molecule has 0 bridgehead atoms. The highest BCUT2D eigenvalue weighted by Crippen LogP contribution is 2.15. The Morgan fingerprint density at radius 1 is 1.17 bits per heavy atom. The Balaban J connectivity index is 2.95. The van der Waals surface area contributed by atoms with Crippen LogP contribution in [0.25, 0.3) is 0 Å². The van der Waals surface area contributed by atoms with Crippen molar-refractivity contribution in [2.45, 2.75) is 33.5 Å². The zero-order chi connectivity index (χ0) is 13.8. The van der Waals surface area contributed by atoms with E-state index in [1.54, 1.807) is 0 Å². The van der Waals surface area contributed by atoms with Crippen molar-refractivity contribution < 1.29 is 4.74 Å². The molecule has 0 fully saturated rings. The van der Waals surface area contributed by atoms with Crippen LogP contribution in [0.1, 0.15) is 13.8 Å². The molecule has 0 aromatic heterocycles. The van der Waals surface area contributed by atoms with Crippen LogP contribution in [0.3, 0.4) is 0 Å². The fraction of sp³-hybridized carbons (Fsp3) is 0.500. The van der Waals surface area contributed by atoms with Crippen molar-refractivity contribution in [1.82, 2.24) is 4.90 Å². The van der Waals surface area contributed by atoms with Gasteiger partial charge < -0.3 is 9.64 Å². The Labute approximate surface area is 117 Å². The van der Waals surface area contributed by atoms with Gasteiger partial charge in [-0.25, -0.2) is 0 Å². The number of para-hydroxylation sites is 1. The minimum atomic E-state index is -1.40. The molecule has 0 heterocycles. The molecule has 1 aromatic rings. The van der Waals surface area contributed by atoms with Gasteiger partial charge in [0.05, 0.1) is 8.07 Å². The lowest BCUT2D eigenvalue weighted by molar-refractivity contribution is 0.380. The van der Waals surface area contributed by atoms with Gasteiger partial charge in [0.25, 0.3) is 5.17 Å². The van der Waals surface area contributed by atoms with Gasteiger partial charge in [0.1, 0.15) is 5.75 Å². The van der Waals surface area contributed by atoms with E-state index in [1.807, 2.05) is 12.1 Å². The number of benzene rings is 1. The molecule has 4 heteroatoms. The summed E-state index contributed by atoms with van der Waals surface area (Å²) in [6.07, 6.45) is 0. The Kier molecular flexibility index (Phi) is 5.35. The molecule has 0 saturated heterocycles. The quantitative estimate of drug-likeness (QED) is 0.621. The topological polar surface area (TPSA) is 12.5 Å². The van der Waals surface area contributed by atoms with E-state index in [0.29, 0.717) is 5.17 Å². The second-order valence-electron chi connectivity index (χ2n) is 5.29. The third-order valence-corrected chi connectivity index (χ3v) is 5.28. The number of thiocarbonyl (C=S) groups is 1. The molecule has 0 aliphatic rings. The number of hydrogen-bond acceptors (Lipinski definition) is 2. The van der Waals surface area contributed by atoms with E-state index in [0.717, 1.165) is 18.8 Å². The molecule has 0 aliphatic heterocycles. The van der Waals surface area contributed by atoms with Crippen LogP contribution >= 0.6 is 12.2 Å². The van der Waals surface area contributed by atoms with Crippen LogP contribution in [0.5, 0.6) is 5.75 Å². The lowest BCUT2D eigenvalue weighted by atomic mass is 10.3. The molecule has 0 amide bonds. The third kappa shape index (κ3) is 3.82. The predicted octanol–water partition coefficient (Wildman–Crippen LogP) is 3.24. The summed E-state index contributed by atoms with van der Waals surface area (Å²) >= 11 is 5.36. The minimum absolute atomic E-state index is 0.575. The van der Waals surface area contributed by atoms with Crippen molar-refractivity contribution in [3.8, 4) is 5.75 Å². The molecule has 0 spiro atoms. The Bertz CT molecular complexity index is 411. The SMILES string of the molecule is CCN(CC)C(=S)Oc1ccccc1[Si](C)(C)C. The summed E-state index contributed by atoms with van der Waals surface area (Å²) in [5.41, 5.74) is 0. The lowest BCUT2D eigenvalue weighted by Gasteiger charge is -2.25. The van der Waals surface area contributed by atoms with Crippen molar-refractivity contribution in [3.63, 3.8) is 0 Å². The first-order chi connectivity index (χ1) is 8.40. The van der Waals surface area contributed by atoms with Gasteiger partial charge in [-0.3, -0.25) is 0 Å². The molecule has 0 atom stereocenters. The zero-order valence-electron chi connectivity index (χ0n) is 12.0. The fourth-order valence-electron chi connectivity index (χ4n) is 1.82. The van der Waals surface area contributed by atoms with E-state index < -0.39 is 8.07 Å². The van der Waals surface area contributed by atoms with Gasteiger partial charge in [0.2, 0.25) is 0 Å². The highest BCUT2D eigenvalue weighted by atomic mass is 32.1. The number of nitrogens with zero attached hydrogens (tertiary/aromatic N) is 1. The van der Waals surface area contributed by atoms with Gasteiger partial charge >= 0.3 is 0 Å². The molecule has 0 N–H and O–H groups in total. The number of ether oxygens (including phenoxy) is 1. The first-order valence-corrected chi connectivity index (χ1v) is 10.4. The molecule has 2 nitrogen and oxygen atoms in total. The third-order valence-electron chi connectivity index (χ3n) is 2.91. The Morgan fingerprint density at radius 3 is 2.22 bits per heavy atom. The minimum Gasteiger partial charge on any atom is -0.432 e. The average molecular weight is 281 g/mol. The molecule has 0 saturated carbocycles. The van der Waals surface area contributed by atoms with Crippen LogP contribution < -0.4 is 9.92 Å². The Hall–Kier alpha value is -0.873. The first-order valence-electron chi connectivity index (χ1n) is 6.46. The first kappa shape index (κ1) is 15.2. The maximum absolute atomic E-state index is 5.91. The van der Waals surface area contributed by atoms with Gasteiger partial charge in [-0.1, -0.05) is 37.8 Å². The van der Waals surface area contributed by atoms with Gasteiger partial charge in [0.15, 0.2) is 0 Å². The lowest BCUT2D eigenvalue weighted by Crippen LogP contribution is -2.40. The van der Waals surface area contributed by atoms with Crippen molar-refractivity contribution >= 4 is 30.7 Å². The van der Waals surface area contributed by atoms with Crippen LogP contribution in [-0.2, 0) is 0 Å². The fourth-order valence-corrected chi connectivity index (χ4v) is 3.63. The molecule has 0 radical (unpaired) electrons. The molecular weight excluding hydrogens is 258 g/mol. The molecular formula is C14H23NOSSi. The smallest absolute Gasteiger partial charge is 0.264 e. The van der Waals surface area contributed by atoms with Crippen molar-refractivity contribution in [2.24, 2.45) is 0 Å². The van der Waals surface area contributed by atoms with E-state index in [-0.39, 0.29) is 0 Å². The second-order valence-corrected chi connectivity index (χ2v) is 10.7. The predicted molar refractivity (Wildman–Crippen MR) is 85.6 cm³/mol. The zero-order valence-corrected chi connectivity index (χ0v) is 13.8. The van der Waals surface area contributed by atoms with Gasteiger partial charge in [0, 0.05) is 13.1 Å². The molecule has 0 unspecified atom stereocenters. The number of rotatable bonds is 4. The van der Waals surface area contributed by atoms with Crippen molar-refractivity contribution in [3.05, 3.63) is 24.3 Å². The van der Waals surface area contributed by atoms with Crippen LogP contribution in [-0.4, -0.2) is 31.2 Å². The largest absolute Gasteiger partial charge is 0.432 e. The Morgan fingerprint density at radius 2 is 1.72 bits per heavy atom. The highest BCUT2D eigenvalue weighted by molar-refractivity contribution is 7.80. The van der Waals surface area contributed by atoms with E-state index in [4.69, 9.17) is 17.0 Å². The van der Waals surface area contributed by atoms with Gasteiger partial charge in [-0.2, -0.15) is 0 Å². The van der Waals surface area contributed by atoms with Gasteiger partial charge in [-0.15, -0.1) is 0 Å². The summed E-state index contributed by atoms with van der Waals surface area (Å²) in [6.45, 7) is 12.9. The number of hydrogen-bond donors (Lipinski definition) is 0. The van der Waals surface area contributed by atoms with Crippen LogP contribution in [0, 0.1) is 0 Å². The van der Waals surface area contributed by atoms with E-state index in [2.05, 4.69) is 50.5 Å². The summed E-state index contributed by atoms with van der Waals surface area (Å²) in [4.78, 5) is 2.05. The maximum atomic E-state index is 5.91.